The SMILES string of the molecule is O=C1CCC(=O)N1CCC(=O)N(Cc1ccoc1)C1CCCCC1. The number of hydrogen-bond acceptors (Lipinski definition) is 4. The Labute approximate surface area is 141 Å². The van der Waals surface area contributed by atoms with Gasteiger partial charge in [-0.2, -0.15) is 0 Å². The van der Waals surface area contributed by atoms with Gasteiger partial charge in [-0.05, 0) is 18.9 Å². The molecule has 0 unspecified atom stereocenters. The second-order valence-corrected chi connectivity index (χ2v) is 6.63. The first-order valence-electron chi connectivity index (χ1n) is 8.79. The average Bonchev–Trinajstić information content (AvgIpc) is 3.22. The molecule has 1 aliphatic heterocycles. The van der Waals surface area contributed by atoms with Crippen LogP contribution in [0.5, 0.6) is 0 Å². The lowest BCUT2D eigenvalue weighted by atomic mass is 9.93. The summed E-state index contributed by atoms with van der Waals surface area (Å²) in [6.45, 7) is 0.729. The van der Waals surface area contributed by atoms with E-state index >= 15 is 0 Å². The third-order valence-electron chi connectivity index (χ3n) is 4.97. The molecule has 1 aromatic heterocycles. The average molecular weight is 332 g/mol. The van der Waals surface area contributed by atoms with Gasteiger partial charge in [-0.3, -0.25) is 19.3 Å². The molecule has 24 heavy (non-hydrogen) atoms. The fourth-order valence-electron chi connectivity index (χ4n) is 3.62. The van der Waals surface area contributed by atoms with Crippen molar-refractivity contribution in [2.45, 2.75) is 64.0 Å². The zero-order chi connectivity index (χ0) is 16.9. The molecule has 0 aromatic carbocycles. The summed E-state index contributed by atoms with van der Waals surface area (Å²) in [6, 6.07) is 2.11. The third-order valence-corrected chi connectivity index (χ3v) is 4.97. The highest BCUT2D eigenvalue weighted by Gasteiger charge is 2.31. The first kappa shape index (κ1) is 16.7. The van der Waals surface area contributed by atoms with Crippen molar-refractivity contribution in [3.8, 4) is 0 Å². The van der Waals surface area contributed by atoms with Crippen LogP contribution in [-0.2, 0) is 20.9 Å². The van der Waals surface area contributed by atoms with Crippen LogP contribution in [0.1, 0.15) is 56.9 Å². The van der Waals surface area contributed by atoms with E-state index in [2.05, 4.69) is 0 Å². The highest BCUT2D eigenvalue weighted by molar-refractivity contribution is 6.02. The van der Waals surface area contributed by atoms with Crippen LogP contribution in [0.3, 0.4) is 0 Å². The van der Waals surface area contributed by atoms with Crippen molar-refractivity contribution >= 4 is 17.7 Å². The molecular weight excluding hydrogens is 308 g/mol. The van der Waals surface area contributed by atoms with Crippen LogP contribution in [0.15, 0.2) is 23.0 Å². The monoisotopic (exact) mass is 332 g/mol. The smallest absolute Gasteiger partial charge is 0.229 e. The Morgan fingerprint density at radius 2 is 1.88 bits per heavy atom. The molecule has 0 radical (unpaired) electrons. The van der Waals surface area contributed by atoms with E-state index in [0.29, 0.717) is 6.54 Å². The first-order chi connectivity index (χ1) is 11.6. The van der Waals surface area contributed by atoms with Gasteiger partial charge in [-0.25, -0.2) is 0 Å². The van der Waals surface area contributed by atoms with Crippen molar-refractivity contribution in [3.05, 3.63) is 24.2 Å². The number of amides is 3. The summed E-state index contributed by atoms with van der Waals surface area (Å²) in [4.78, 5) is 39.3. The topological polar surface area (TPSA) is 70.8 Å². The van der Waals surface area contributed by atoms with Gasteiger partial charge in [0.25, 0.3) is 0 Å². The maximum Gasteiger partial charge on any atom is 0.229 e. The van der Waals surface area contributed by atoms with E-state index in [1.807, 2.05) is 11.0 Å². The molecule has 1 saturated carbocycles. The predicted octanol–water partition coefficient (Wildman–Crippen LogP) is 2.48. The molecule has 1 saturated heterocycles. The number of carbonyl (C=O) groups excluding carboxylic acids is 3. The van der Waals surface area contributed by atoms with Crippen LogP contribution < -0.4 is 0 Å². The van der Waals surface area contributed by atoms with Crippen LogP contribution in [0.25, 0.3) is 0 Å². The van der Waals surface area contributed by atoms with Crippen LogP contribution in [-0.4, -0.2) is 40.1 Å². The summed E-state index contributed by atoms with van der Waals surface area (Å²) in [7, 11) is 0. The Morgan fingerprint density at radius 3 is 2.50 bits per heavy atom. The molecule has 0 N–H and O–H groups in total. The van der Waals surface area contributed by atoms with Gasteiger partial charge in [0.05, 0.1) is 12.5 Å². The number of furan rings is 1. The highest BCUT2D eigenvalue weighted by atomic mass is 16.3. The molecule has 1 aliphatic carbocycles. The number of carbonyl (C=O) groups is 3. The lowest BCUT2D eigenvalue weighted by molar-refractivity contribution is -0.140. The Hall–Kier alpha value is -2.11. The molecule has 130 valence electrons. The number of nitrogens with zero attached hydrogens (tertiary/aromatic N) is 2. The van der Waals surface area contributed by atoms with Crippen molar-refractivity contribution in [2.75, 3.05) is 6.54 Å². The highest BCUT2D eigenvalue weighted by Crippen LogP contribution is 2.25. The summed E-state index contributed by atoms with van der Waals surface area (Å²) in [5.41, 5.74) is 0.974. The van der Waals surface area contributed by atoms with Crippen molar-refractivity contribution in [3.63, 3.8) is 0 Å². The molecule has 1 aromatic rings. The minimum atomic E-state index is -0.160. The van der Waals surface area contributed by atoms with E-state index in [0.717, 1.165) is 31.2 Å². The Balaban J connectivity index is 1.63. The zero-order valence-corrected chi connectivity index (χ0v) is 13.9. The fraction of sp³-hybridized carbons (Fsp3) is 0.611. The molecule has 2 fully saturated rings. The molecule has 6 nitrogen and oxygen atoms in total. The summed E-state index contributed by atoms with van der Waals surface area (Å²) < 4.78 is 5.12. The van der Waals surface area contributed by atoms with Gasteiger partial charge in [0.1, 0.15) is 0 Å². The summed E-state index contributed by atoms with van der Waals surface area (Å²) >= 11 is 0. The molecule has 2 heterocycles. The number of imide groups is 1. The standard InChI is InChI=1S/C18H24N2O4/c21-16-6-7-17(22)19(16)10-8-18(23)20(12-14-9-11-24-13-14)15-4-2-1-3-5-15/h9,11,13,15H,1-8,10,12H2. The molecule has 0 atom stereocenters. The minimum absolute atomic E-state index is 0.00981. The van der Waals surface area contributed by atoms with E-state index in [4.69, 9.17) is 4.42 Å². The summed E-state index contributed by atoms with van der Waals surface area (Å²) in [5.74, 6) is -0.311. The largest absolute Gasteiger partial charge is 0.472 e. The number of rotatable bonds is 6. The van der Waals surface area contributed by atoms with E-state index in [9.17, 15) is 14.4 Å². The zero-order valence-electron chi connectivity index (χ0n) is 13.9. The third kappa shape index (κ3) is 3.86. The summed E-state index contributed by atoms with van der Waals surface area (Å²) in [5, 5.41) is 0. The van der Waals surface area contributed by atoms with Crippen LogP contribution in [0, 0.1) is 0 Å². The second kappa shape index (κ2) is 7.64. The lowest BCUT2D eigenvalue weighted by Crippen LogP contribution is -2.42. The molecule has 0 bridgehead atoms. The number of likely N-dealkylation sites (tertiary alicyclic amines) is 1. The summed E-state index contributed by atoms with van der Waals surface area (Å²) in [6.07, 6.45) is 9.56. The quantitative estimate of drug-likeness (QED) is 0.750. The fourth-order valence-corrected chi connectivity index (χ4v) is 3.62. The Morgan fingerprint density at radius 1 is 1.17 bits per heavy atom. The second-order valence-electron chi connectivity index (χ2n) is 6.63. The molecule has 2 aliphatic rings. The molecule has 3 amide bonds. The first-order valence-corrected chi connectivity index (χ1v) is 8.79. The maximum atomic E-state index is 12.8. The molecular formula is C18H24N2O4. The molecule has 6 heteroatoms. The normalized spacial score (nSPS) is 19.1. The van der Waals surface area contributed by atoms with Crippen molar-refractivity contribution in [1.82, 2.24) is 9.80 Å². The van der Waals surface area contributed by atoms with Gasteiger partial charge >= 0.3 is 0 Å². The number of hydrogen-bond donors (Lipinski definition) is 0. The predicted molar refractivity (Wildman–Crippen MR) is 86.7 cm³/mol. The van der Waals surface area contributed by atoms with Crippen molar-refractivity contribution in [2.24, 2.45) is 0 Å². The van der Waals surface area contributed by atoms with E-state index in [1.165, 1.54) is 11.3 Å². The van der Waals surface area contributed by atoms with Gasteiger partial charge in [-0.15, -0.1) is 0 Å². The van der Waals surface area contributed by atoms with E-state index in [1.54, 1.807) is 12.5 Å². The van der Waals surface area contributed by atoms with Crippen molar-refractivity contribution in [1.29, 1.82) is 0 Å². The van der Waals surface area contributed by atoms with Crippen LogP contribution in [0.2, 0.25) is 0 Å². The van der Waals surface area contributed by atoms with Crippen LogP contribution >= 0.6 is 0 Å². The Bertz CT molecular complexity index is 574. The van der Waals surface area contributed by atoms with Gasteiger partial charge < -0.3 is 9.32 Å². The van der Waals surface area contributed by atoms with Crippen LogP contribution in [0.4, 0.5) is 0 Å². The van der Waals surface area contributed by atoms with Gasteiger partial charge in [-0.1, -0.05) is 19.3 Å². The van der Waals surface area contributed by atoms with Gasteiger partial charge in [0.2, 0.25) is 17.7 Å². The van der Waals surface area contributed by atoms with E-state index < -0.39 is 0 Å². The molecule has 3 rings (SSSR count). The maximum absolute atomic E-state index is 12.8. The van der Waals surface area contributed by atoms with E-state index in [-0.39, 0.29) is 49.6 Å². The van der Waals surface area contributed by atoms with Crippen molar-refractivity contribution < 1.29 is 18.8 Å². The van der Waals surface area contributed by atoms with Gasteiger partial charge in [0.15, 0.2) is 0 Å². The minimum Gasteiger partial charge on any atom is -0.472 e. The Kier molecular flexibility index (Phi) is 5.33. The molecule has 0 spiro atoms. The van der Waals surface area contributed by atoms with Gasteiger partial charge in [0, 0.05) is 44.0 Å². The lowest BCUT2D eigenvalue weighted by Gasteiger charge is -2.34.